The molecule has 11 heteroatoms. The molecule has 0 fully saturated rings. The van der Waals surface area contributed by atoms with Crippen molar-refractivity contribution < 1.29 is 24.3 Å². The maximum atomic E-state index is 13.2. The summed E-state index contributed by atoms with van der Waals surface area (Å²) >= 11 is 0. The molecule has 0 spiro atoms. The Bertz CT molecular complexity index is 811. The number of nitrogens with zero attached hydrogens (tertiary/aromatic N) is 1. The van der Waals surface area contributed by atoms with Crippen molar-refractivity contribution in [2.75, 3.05) is 0 Å². The minimum atomic E-state index is -1.14. The number of carboxylic acid groups (broad SMARTS) is 1. The van der Waals surface area contributed by atoms with Gasteiger partial charge in [-0.1, -0.05) is 48.0 Å². The Balaban J connectivity index is 3.03. The van der Waals surface area contributed by atoms with Crippen LogP contribution in [0.4, 0.5) is 0 Å². The summed E-state index contributed by atoms with van der Waals surface area (Å²) in [4.78, 5) is 57.2. The molecule has 0 aromatic carbocycles. The Morgan fingerprint density at radius 3 is 2.09 bits per heavy atom. The highest BCUT2D eigenvalue weighted by Crippen LogP contribution is 2.10. The first-order valence-electron chi connectivity index (χ1n) is 11.7. The van der Waals surface area contributed by atoms with E-state index in [1.165, 1.54) is 12.5 Å². The Hall–Kier alpha value is -2.95. The van der Waals surface area contributed by atoms with Crippen molar-refractivity contribution in [1.29, 1.82) is 0 Å². The lowest BCUT2D eigenvalue weighted by Gasteiger charge is -2.27. The fraction of sp³-hybridized carbons (Fsp3) is 0.696. The van der Waals surface area contributed by atoms with Gasteiger partial charge in [0.05, 0.1) is 12.4 Å². The second kappa shape index (κ2) is 13.7. The summed E-state index contributed by atoms with van der Waals surface area (Å²) in [7, 11) is 0. The van der Waals surface area contributed by atoms with Crippen LogP contribution in [0.2, 0.25) is 0 Å². The van der Waals surface area contributed by atoms with Crippen LogP contribution in [0, 0.1) is 17.8 Å². The van der Waals surface area contributed by atoms with Gasteiger partial charge in [-0.2, -0.15) is 0 Å². The molecule has 0 aliphatic rings. The van der Waals surface area contributed by atoms with Gasteiger partial charge in [-0.05, 0) is 24.2 Å². The third-order valence-corrected chi connectivity index (χ3v) is 5.74. The number of carboxylic acids is 1. The van der Waals surface area contributed by atoms with Crippen LogP contribution in [0.3, 0.4) is 0 Å². The first-order chi connectivity index (χ1) is 15.9. The maximum Gasteiger partial charge on any atom is 0.326 e. The predicted molar refractivity (Wildman–Crippen MR) is 127 cm³/mol. The molecule has 11 nitrogen and oxygen atoms in total. The summed E-state index contributed by atoms with van der Waals surface area (Å²) in [5.41, 5.74) is 6.65. The quantitative estimate of drug-likeness (QED) is 0.225. The van der Waals surface area contributed by atoms with Crippen molar-refractivity contribution in [3.05, 3.63) is 18.2 Å². The third kappa shape index (κ3) is 9.12. The topological polar surface area (TPSA) is 179 Å². The first-order valence-corrected chi connectivity index (χ1v) is 11.7. The summed E-state index contributed by atoms with van der Waals surface area (Å²) in [6, 6.07) is -3.87. The molecular weight excluding hydrogens is 440 g/mol. The van der Waals surface area contributed by atoms with E-state index in [0.29, 0.717) is 12.1 Å². The standard InChI is InChI=1S/C23H40N6O5/c1-7-14(6)18(24)21(31)27-16(9-15-10-25-11-26-15)20(30)29-19(13(4)5)22(32)28-17(23(33)34)8-12(2)3/h10-14,16-19H,7-9,24H2,1-6H3,(H,25,26)(H,27,31)(H,28,32)(H,29,30)(H,33,34). The van der Waals surface area contributed by atoms with Gasteiger partial charge in [0.15, 0.2) is 0 Å². The van der Waals surface area contributed by atoms with Gasteiger partial charge < -0.3 is 31.8 Å². The van der Waals surface area contributed by atoms with E-state index in [0.717, 1.165) is 0 Å². The van der Waals surface area contributed by atoms with Gasteiger partial charge in [-0.25, -0.2) is 9.78 Å². The molecule has 1 aromatic heterocycles. The molecule has 1 rings (SSSR count). The highest BCUT2D eigenvalue weighted by molar-refractivity contribution is 5.94. The smallest absolute Gasteiger partial charge is 0.326 e. The molecular formula is C23H40N6O5. The molecule has 5 unspecified atom stereocenters. The number of aromatic nitrogens is 2. The van der Waals surface area contributed by atoms with Gasteiger partial charge in [0.25, 0.3) is 0 Å². The number of nitrogens with two attached hydrogens (primary N) is 1. The molecule has 3 amide bonds. The van der Waals surface area contributed by atoms with Crippen LogP contribution < -0.4 is 21.7 Å². The van der Waals surface area contributed by atoms with Gasteiger partial charge in [0.2, 0.25) is 17.7 Å². The van der Waals surface area contributed by atoms with E-state index in [9.17, 15) is 24.3 Å². The number of imidazole rings is 1. The molecule has 1 aromatic rings. The van der Waals surface area contributed by atoms with Crippen molar-refractivity contribution >= 4 is 23.7 Å². The first kappa shape index (κ1) is 29.1. The molecule has 192 valence electrons. The molecule has 0 aliphatic heterocycles. The lowest BCUT2D eigenvalue weighted by Crippen LogP contribution is -2.59. The molecule has 0 aliphatic carbocycles. The highest BCUT2D eigenvalue weighted by Gasteiger charge is 2.32. The van der Waals surface area contributed by atoms with E-state index in [1.54, 1.807) is 13.8 Å². The van der Waals surface area contributed by atoms with E-state index >= 15 is 0 Å². The van der Waals surface area contributed by atoms with Crippen LogP contribution in [0.15, 0.2) is 12.5 Å². The molecule has 0 saturated heterocycles. The SMILES string of the molecule is CCC(C)C(N)C(=O)NC(Cc1cnc[nH]1)C(=O)NC(C(=O)NC(CC(C)C)C(=O)O)C(C)C. The zero-order valence-electron chi connectivity index (χ0n) is 20.9. The third-order valence-electron chi connectivity index (χ3n) is 5.74. The number of hydrogen-bond acceptors (Lipinski definition) is 6. The molecule has 0 radical (unpaired) electrons. The Morgan fingerprint density at radius 1 is 1.00 bits per heavy atom. The largest absolute Gasteiger partial charge is 0.480 e. The normalized spacial score (nSPS) is 15.8. The maximum absolute atomic E-state index is 13.2. The van der Waals surface area contributed by atoms with Gasteiger partial charge in [0.1, 0.15) is 18.1 Å². The fourth-order valence-corrected chi connectivity index (χ4v) is 3.35. The van der Waals surface area contributed by atoms with E-state index < -0.39 is 47.9 Å². The van der Waals surface area contributed by atoms with Crippen LogP contribution in [0.1, 0.15) is 60.1 Å². The summed E-state index contributed by atoms with van der Waals surface area (Å²) in [6.07, 6.45) is 4.07. The summed E-state index contributed by atoms with van der Waals surface area (Å²) in [5.74, 6) is -3.15. The number of hydrogen-bond donors (Lipinski definition) is 6. The monoisotopic (exact) mass is 480 g/mol. The van der Waals surface area contributed by atoms with Crippen LogP contribution >= 0.6 is 0 Å². The lowest BCUT2D eigenvalue weighted by molar-refractivity contribution is -0.143. The zero-order valence-corrected chi connectivity index (χ0v) is 20.9. The molecule has 1 heterocycles. The van der Waals surface area contributed by atoms with E-state index in [1.807, 2.05) is 27.7 Å². The van der Waals surface area contributed by atoms with E-state index in [4.69, 9.17) is 5.73 Å². The van der Waals surface area contributed by atoms with Crippen molar-refractivity contribution in [2.45, 2.75) is 85.0 Å². The number of aliphatic carboxylic acids is 1. The average Bonchev–Trinajstić information content (AvgIpc) is 3.27. The zero-order chi connectivity index (χ0) is 26.0. The van der Waals surface area contributed by atoms with Crippen molar-refractivity contribution in [3.8, 4) is 0 Å². The van der Waals surface area contributed by atoms with Crippen LogP contribution in [-0.4, -0.2) is 62.9 Å². The lowest BCUT2D eigenvalue weighted by atomic mass is 9.98. The Labute approximate surface area is 201 Å². The van der Waals surface area contributed by atoms with Crippen molar-refractivity contribution in [1.82, 2.24) is 25.9 Å². The second-order valence-electron chi connectivity index (χ2n) is 9.51. The summed E-state index contributed by atoms with van der Waals surface area (Å²) in [6.45, 7) is 11.0. The van der Waals surface area contributed by atoms with Gasteiger partial charge in [-0.15, -0.1) is 0 Å². The molecule has 0 saturated carbocycles. The molecule has 34 heavy (non-hydrogen) atoms. The minimum Gasteiger partial charge on any atom is -0.480 e. The number of rotatable bonds is 14. The molecule has 7 N–H and O–H groups in total. The fourth-order valence-electron chi connectivity index (χ4n) is 3.35. The number of amides is 3. The van der Waals surface area contributed by atoms with Crippen LogP contribution in [-0.2, 0) is 25.6 Å². The highest BCUT2D eigenvalue weighted by atomic mass is 16.4. The predicted octanol–water partition coefficient (Wildman–Crippen LogP) is 0.567. The Kier molecular flexibility index (Phi) is 11.7. The minimum absolute atomic E-state index is 0.0530. The number of carbonyl (C=O) groups is 4. The summed E-state index contributed by atoms with van der Waals surface area (Å²) in [5, 5.41) is 17.3. The number of carbonyl (C=O) groups excluding carboxylic acids is 3. The second-order valence-corrected chi connectivity index (χ2v) is 9.51. The van der Waals surface area contributed by atoms with Crippen LogP contribution in [0.25, 0.3) is 0 Å². The van der Waals surface area contributed by atoms with E-state index in [2.05, 4.69) is 25.9 Å². The Morgan fingerprint density at radius 2 is 1.62 bits per heavy atom. The molecule has 5 atom stereocenters. The van der Waals surface area contributed by atoms with Gasteiger partial charge in [-0.3, -0.25) is 14.4 Å². The summed E-state index contributed by atoms with van der Waals surface area (Å²) < 4.78 is 0. The average molecular weight is 481 g/mol. The number of H-pyrrole nitrogens is 1. The number of nitrogens with one attached hydrogen (secondary N) is 4. The van der Waals surface area contributed by atoms with E-state index in [-0.39, 0.29) is 30.6 Å². The molecule has 0 bridgehead atoms. The van der Waals surface area contributed by atoms with Gasteiger partial charge >= 0.3 is 5.97 Å². The van der Waals surface area contributed by atoms with Crippen molar-refractivity contribution in [2.24, 2.45) is 23.5 Å². The van der Waals surface area contributed by atoms with Crippen molar-refractivity contribution in [3.63, 3.8) is 0 Å². The van der Waals surface area contributed by atoms with Crippen LogP contribution in [0.5, 0.6) is 0 Å². The van der Waals surface area contributed by atoms with Gasteiger partial charge in [0, 0.05) is 18.3 Å². The number of aromatic amines is 1.